The van der Waals surface area contributed by atoms with E-state index in [9.17, 15) is 9.90 Å². The molecule has 1 spiro atoms. The van der Waals surface area contributed by atoms with E-state index in [2.05, 4.69) is 39.4 Å². The highest BCUT2D eigenvalue weighted by molar-refractivity contribution is 5.77. The first-order valence-corrected chi connectivity index (χ1v) is 10.2. The van der Waals surface area contributed by atoms with Gasteiger partial charge < -0.3 is 15.3 Å². The molecule has 2 saturated heterocycles. The van der Waals surface area contributed by atoms with Gasteiger partial charge in [0.15, 0.2) is 0 Å². The lowest BCUT2D eigenvalue weighted by molar-refractivity contribution is -0.130. The molecule has 4 rings (SSSR count). The molecule has 2 fully saturated rings. The van der Waals surface area contributed by atoms with Crippen molar-refractivity contribution in [3.63, 3.8) is 0 Å². The number of amides is 1. The lowest BCUT2D eigenvalue weighted by Crippen LogP contribution is -2.53. The van der Waals surface area contributed by atoms with Crippen LogP contribution in [0.4, 0.5) is 0 Å². The van der Waals surface area contributed by atoms with Crippen molar-refractivity contribution in [2.45, 2.75) is 30.4 Å². The first kappa shape index (κ1) is 18.9. The molecule has 1 aromatic carbocycles. The summed E-state index contributed by atoms with van der Waals surface area (Å²) in [5, 5.41) is 14.9. The van der Waals surface area contributed by atoms with Gasteiger partial charge in [-0.2, -0.15) is 0 Å². The minimum atomic E-state index is -0.355. The maximum atomic E-state index is 12.0. The Morgan fingerprint density at radius 2 is 1.85 bits per heavy atom. The highest BCUT2D eigenvalue weighted by Crippen LogP contribution is 2.52. The molecule has 6 heteroatoms. The van der Waals surface area contributed by atoms with Crippen LogP contribution >= 0.6 is 0 Å². The van der Waals surface area contributed by atoms with Gasteiger partial charge in [0.1, 0.15) is 0 Å². The Balaban J connectivity index is 1.51. The number of rotatable bonds is 3. The minimum absolute atomic E-state index is 0.0750. The summed E-state index contributed by atoms with van der Waals surface area (Å²) in [6.07, 6.45) is 1.64. The van der Waals surface area contributed by atoms with Gasteiger partial charge in [0.2, 0.25) is 5.91 Å². The third-order valence-corrected chi connectivity index (χ3v) is 6.83. The number of aliphatic hydroxyl groups is 1. The average molecular weight is 373 g/mol. The topological polar surface area (TPSA) is 59.1 Å². The van der Waals surface area contributed by atoms with E-state index >= 15 is 0 Å². The highest BCUT2D eigenvalue weighted by Gasteiger charge is 2.53. The summed E-state index contributed by atoms with van der Waals surface area (Å²) < 4.78 is 0. The number of benzene rings is 1. The predicted molar refractivity (Wildman–Crippen MR) is 106 cm³/mol. The summed E-state index contributed by atoms with van der Waals surface area (Å²) in [5.41, 5.74) is 2.56. The fourth-order valence-corrected chi connectivity index (χ4v) is 5.21. The second-order valence-electron chi connectivity index (χ2n) is 8.48. The molecule has 0 saturated carbocycles. The summed E-state index contributed by atoms with van der Waals surface area (Å²) in [6.45, 7) is 5.96. The molecule has 1 aliphatic carbocycles. The molecule has 2 aliphatic heterocycles. The Morgan fingerprint density at radius 1 is 1.19 bits per heavy atom. The normalized spacial score (nSPS) is 28.3. The third kappa shape index (κ3) is 3.29. The Labute approximate surface area is 162 Å². The Bertz CT molecular complexity index is 679. The van der Waals surface area contributed by atoms with E-state index in [1.807, 2.05) is 14.1 Å². The molecule has 0 aromatic heterocycles. The second kappa shape index (κ2) is 7.51. The van der Waals surface area contributed by atoms with E-state index in [0.29, 0.717) is 6.54 Å². The molecule has 0 radical (unpaired) electrons. The fraction of sp³-hybridized carbons (Fsp3) is 0.667. The number of carbonyl (C=O) groups is 1. The zero-order valence-corrected chi connectivity index (χ0v) is 16.5. The number of piperidine rings is 1. The van der Waals surface area contributed by atoms with Crippen LogP contribution < -0.4 is 5.32 Å². The van der Waals surface area contributed by atoms with E-state index in [1.54, 1.807) is 4.90 Å². The first-order valence-electron chi connectivity index (χ1n) is 10.2. The van der Waals surface area contributed by atoms with Gasteiger partial charge in [-0.3, -0.25) is 14.6 Å². The zero-order chi connectivity index (χ0) is 19.0. The van der Waals surface area contributed by atoms with Gasteiger partial charge >= 0.3 is 0 Å². The van der Waals surface area contributed by atoms with Crippen LogP contribution in [-0.4, -0.2) is 91.7 Å². The summed E-state index contributed by atoms with van der Waals surface area (Å²) in [6, 6.07) is 8.73. The van der Waals surface area contributed by atoms with Crippen LogP contribution in [0.2, 0.25) is 0 Å². The van der Waals surface area contributed by atoms with Crippen LogP contribution in [0.5, 0.6) is 0 Å². The van der Waals surface area contributed by atoms with Gasteiger partial charge in [0.25, 0.3) is 0 Å². The molecule has 0 unspecified atom stereocenters. The summed E-state index contributed by atoms with van der Waals surface area (Å²) in [4.78, 5) is 18.3. The Kier molecular flexibility index (Phi) is 5.25. The van der Waals surface area contributed by atoms with E-state index in [0.717, 1.165) is 52.1 Å². The van der Waals surface area contributed by atoms with Crippen LogP contribution in [0.15, 0.2) is 24.3 Å². The van der Waals surface area contributed by atoms with Crippen LogP contribution in [-0.2, 0) is 10.2 Å². The van der Waals surface area contributed by atoms with Crippen LogP contribution in [0, 0.1) is 0 Å². The molecule has 2 atom stereocenters. The molecular weight excluding hydrogens is 340 g/mol. The number of piperazine rings is 1. The summed E-state index contributed by atoms with van der Waals surface area (Å²) >= 11 is 0. The number of carbonyl (C=O) groups excluding carboxylic acids is 1. The molecule has 27 heavy (non-hydrogen) atoms. The van der Waals surface area contributed by atoms with E-state index in [-0.39, 0.29) is 23.5 Å². The summed E-state index contributed by atoms with van der Waals surface area (Å²) in [7, 11) is 3.62. The predicted octanol–water partition coefficient (Wildman–Crippen LogP) is 0.429. The number of fused-ring (bicyclic) bond motifs is 2. The molecule has 1 aromatic rings. The van der Waals surface area contributed by atoms with E-state index in [1.165, 1.54) is 11.1 Å². The average Bonchev–Trinajstić information content (AvgIpc) is 2.92. The van der Waals surface area contributed by atoms with Crippen molar-refractivity contribution in [2.24, 2.45) is 0 Å². The smallest absolute Gasteiger partial charge is 0.236 e. The van der Waals surface area contributed by atoms with Crippen LogP contribution in [0.25, 0.3) is 0 Å². The number of aliphatic hydroxyl groups excluding tert-OH is 1. The van der Waals surface area contributed by atoms with Gasteiger partial charge in [0, 0.05) is 45.7 Å². The van der Waals surface area contributed by atoms with Crippen molar-refractivity contribution in [1.29, 1.82) is 0 Å². The van der Waals surface area contributed by atoms with Crippen LogP contribution in [0.1, 0.15) is 30.0 Å². The Hall–Kier alpha value is -1.47. The van der Waals surface area contributed by atoms with Gasteiger partial charge in [-0.05, 0) is 37.1 Å². The number of hydrogen-bond acceptors (Lipinski definition) is 5. The fourth-order valence-electron chi connectivity index (χ4n) is 5.21. The molecule has 0 bridgehead atoms. The number of hydrogen-bond donors (Lipinski definition) is 2. The van der Waals surface area contributed by atoms with Crippen molar-refractivity contribution in [1.82, 2.24) is 20.0 Å². The van der Waals surface area contributed by atoms with Gasteiger partial charge in [-0.25, -0.2) is 0 Å². The lowest BCUT2D eigenvalue weighted by Gasteiger charge is -2.43. The number of nitrogens with one attached hydrogen (secondary N) is 1. The molecule has 148 valence electrons. The van der Waals surface area contributed by atoms with E-state index < -0.39 is 0 Å². The minimum Gasteiger partial charge on any atom is -0.390 e. The van der Waals surface area contributed by atoms with E-state index in [4.69, 9.17) is 0 Å². The quantitative estimate of drug-likeness (QED) is 0.806. The third-order valence-electron chi connectivity index (χ3n) is 6.83. The SMILES string of the molecule is CN(C)C(=O)CN1CCN([C@H]2c3ccccc3C3(CCNCC3)[C@@H]2O)CC1. The molecule has 1 amide bonds. The monoisotopic (exact) mass is 372 g/mol. The van der Waals surface area contributed by atoms with Gasteiger partial charge in [0.05, 0.1) is 18.7 Å². The molecule has 2 heterocycles. The largest absolute Gasteiger partial charge is 0.390 e. The van der Waals surface area contributed by atoms with Crippen molar-refractivity contribution in [2.75, 3.05) is 59.9 Å². The zero-order valence-electron chi connectivity index (χ0n) is 16.5. The van der Waals surface area contributed by atoms with Gasteiger partial charge in [-0.15, -0.1) is 0 Å². The first-order chi connectivity index (χ1) is 13.0. The standard InChI is InChI=1S/C21H32N4O2/c1-23(2)18(26)15-24-11-13-25(14-12-24)19-16-5-3-4-6-17(16)21(20(19)27)7-9-22-10-8-21/h3-6,19-20,22,27H,7-15H2,1-2H3/t19-,20+/m0/s1. The highest BCUT2D eigenvalue weighted by atomic mass is 16.3. The number of likely N-dealkylation sites (N-methyl/N-ethyl adjacent to an activating group) is 1. The van der Waals surface area contributed by atoms with Crippen molar-refractivity contribution >= 4 is 5.91 Å². The van der Waals surface area contributed by atoms with Crippen molar-refractivity contribution < 1.29 is 9.90 Å². The second-order valence-corrected chi connectivity index (χ2v) is 8.48. The maximum Gasteiger partial charge on any atom is 0.236 e. The molecule has 6 nitrogen and oxygen atoms in total. The van der Waals surface area contributed by atoms with Crippen molar-refractivity contribution in [3.8, 4) is 0 Å². The van der Waals surface area contributed by atoms with Crippen LogP contribution in [0.3, 0.4) is 0 Å². The molecule has 2 N–H and O–H groups in total. The molecular formula is C21H32N4O2. The number of nitrogens with zero attached hydrogens (tertiary/aromatic N) is 3. The van der Waals surface area contributed by atoms with Crippen molar-refractivity contribution in [3.05, 3.63) is 35.4 Å². The maximum absolute atomic E-state index is 12.0. The summed E-state index contributed by atoms with van der Waals surface area (Å²) in [5.74, 6) is 0.156. The molecule has 3 aliphatic rings. The Morgan fingerprint density at radius 3 is 2.52 bits per heavy atom. The lowest BCUT2D eigenvalue weighted by atomic mass is 9.72. The van der Waals surface area contributed by atoms with Gasteiger partial charge in [-0.1, -0.05) is 24.3 Å².